The van der Waals surface area contributed by atoms with Crippen LogP contribution in [0.25, 0.3) is 0 Å². The first-order valence-electron chi connectivity index (χ1n) is 7.98. The summed E-state index contributed by atoms with van der Waals surface area (Å²) < 4.78 is 0.338. The zero-order valence-electron chi connectivity index (χ0n) is 12.7. The van der Waals surface area contributed by atoms with Crippen molar-refractivity contribution in [3.05, 3.63) is 22.9 Å². The molecule has 1 heterocycles. The van der Waals surface area contributed by atoms with Crippen molar-refractivity contribution in [2.75, 3.05) is 18.1 Å². The van der Waals surface area contributed by atoms with Gasteiger partial charge in [-0.1, -0.05) is 12.8 Å². The molecule has 0 atom stereocenters. The number of hydrogen-bond donors (Lipinski definition) is 1. The molecule has 0 unspecified atom stereocenters. The molecule has 2 aliphatic rings. The predicted octanol–water partition coefficient (Wildman–Crippen LogP) is 3.92. The first-order chi connectivity index (χ1) is 10.3. The minimum absolute atomic E-state index is 0.338. The highest BCUT2D eigenvalue weighted by Gasteiger charge is 2.33. The Morgan fingerprint density at radius 2 is 2.05 bits per heavy atom. The van der Waals surface area contributed by atoms with Gasteiger partial charge in [0, 0.05) is 17.0 Å². The van der Waals surface area contributed by atoms with Gasteiger partial charge in [-0.05, 0) is 56.4 Å². The van der Waals surface area contributed by atoms with Crippen LogP contribution in [0.3, 0.4) is 0 Å². The van der Waals surface area contributed by atoms with Crippen molar-refractivity contribution in [1.29, 1.82) is 5.26 Å². The van der Waals surface area contributed by atoms with Crippen molar-refractivity contribution in [3.8, 4) is 6.07 Å². The molecule has 2 aliphatic carbocycles. The number of hydrogen-bond acceptors (Lipinski definition) is 4. The average molecular weight is 301 g/mol. The molecule has 1 saturated carbocycles. The molecule has 1 aromatic heterocycles. The van der Waals surface area contributed by atoms with Crippen molar-refractivity contribution in [2.24, 2.45) is 0 Å². The Kier molecular flexibility index (Phi) is 4.40. The number of aryl methyl sites for hydroxylation is 2. The van der Waals surface area contributed by atoms with Crippen molar-refractivity contribution >= 4 is 17.6 Å². The van der Waals surface area contributed by atoms with E-state index in [9.17, 15) is 5.26 Å². The molecular formula is C17H23N3S. The zero-order chi connectivity index (χ0) is 14.7. The second-order valence-corrected chi connectivity index (χ2v) is 7.53. The number of rotatable bonds is 4. The molecule has 3 nitrogen and oxygen atoms in total. The largest absolute Gasteiger partial charge is 0.368 e. The summed E-state index contributed by atoms with van der Waals surface area (Å²) in [5, 5.41) is 12.9. The van der Waals surface area contributed by atoms with Gasteiger partial charge in [0.15, 0.2) is 0 Å². The van der Waals surface area contributed by atoms with Gasteiger partial charge in [0.1, 0.15) is 11.9 Å². The fourth-order valence-electron chi connectivity index (χ4n) is 3.57. The zero-order valence-corrected chi connectivity index (χ0v) is 13.6. The lowest BCUT2D eigenvalue weighted by Gasteiger charge is -2.28. The Morgan fingerprint density at radius 1 is 1.29 bits per heavy atom. The number of aromatic nitrogens is 1. The molecule has 1 aromatic rings. The highest BCUT2D eigenvalue weighted by atomic mass is 32.2. The lowest BCUT2D eigenvalue weighted by molar-refractivity contribution is 0.636. The molecule has 3 rings (SSSR count). The van der Waals surface area contributed by atoms with Crippen molar-refractivity contribution < 1.29 is 0 Å². The quantitative estimate of drug-likeness (QED) is 0.915. The Balaban J connectivity index is 1.80. The average Bonchev–Trinajstić information content (AvgIpc) is 3.01. The van der Waals surface area contributed by atoms with E-state index in [0.717, 1.165) is 25.2 Å². The summed E-state index contributed by atoms with van der Waals surface area (Å²) in [6.45, 7) is 0.925. The van der Waals surface area contributed by atoms with Gasteiger partial charge in [0.05, 0.1) is 5.56 Å². The van der Waals surface area contributed by atoms with E-state index in [1.165, 1.54) is 49.8 Å². The Bertz CT molecular complexity index is 556. The molecular weight excluding hydrogens is 278 g/mol. The van der Waals surface area contributed by atoms with Crippen molar-refractivity contribution in [3.63, 3.8) is 0 Å². The summed E-state index contributed by atoms with van der Waals surface area (Å²) >= 11 is 1.97. The third-order valence-corrected chi connectivity index (χ3v) is 6.37. The summed E-state index contributed by atoms with van der Waals surface area (Å²) in [7, 11) is 0. The second kappa shape index (κ2) is 6.27. The van der Waals surface area contributed by atoms with E-state index < -0.39 is 0 Å². The van der Waals surface area contributed by atoms with Crippen LogP contribution < -0.4 is 5.32 Å². The summed E-state index contributed by atoms with van der Waals surface area (Å²) in [4.78, 5) is 4.77. The van der Waals surface area contributed by atoms with Gasteiger partial charge >= 0.3 is 0 Å². The molecule has 0 amide bonds. The summed E-state index contributed by atoms with van der Waals surface area (Å²) in [6.07, 6.45) is 12.0. The van der Waals surface area contributed by atoms with Gasteiger partial charge < -0.3 is 5.32 Å². The van der Waals surface area contributed by atoms with Gasteiger partial charge in [-0.25, -0.2) is 4.98 Å². The molecule has 4 heteroatoms. The van der Waals surface area contributed by atoms with Gasteiger partial charge in [0.2, 0.25) is 0 Å². The van der Waals surface area contributed by atoms with Crippen molar-refractivity contribution in [1.82, 2.24) is 4.98 Å². The molecule has 0 aromatic carbocycles. The van der Waals surface area contributed by atoms with Gasteiger partial charge in [-0.2, -0.15) is 17.0 Å². The lowest BCUT2D eigenvalue weighted by Crippen LogP contribution is -2.30. The van der Waals surface area contributed by atoms with Crippen LogP contribution in [0.1, 0.15) is 55.3 Å². The van der Waals surface area contributed by atoms with Crippen LogP contribution >= 0.6 is 11.8 Å². The van der Waals surface area contributed by atoms with Crippen LogP contribution in [-0.2, 0) is 12.8 Å². The third kappa shape index (κ3) is 3.03. The van der Waals surface area contributed by atoms with Crippen LogP contribution in [0.15, 0.2) is 6.07 Å². The maximum Gasteiger partial charge on any atom is 0.144 e. The number of nitrogens with one attached hydrogen (secondary N) is 1. The highest BCUT2D eigenvalue weighted by molar-refractivity contribution is 8.00. The number of fused-ring (bicyclic) bond motifs is 1. The van der Waals surface area contributed by atoms with Gasteiger partial charge in [-0.3, -0.25) is 0 Å². The Hall–Kier alpha value is -1.21. The van der Waals surface area contributed by atoms with Crippen LogP contribution in [-0.4, -0.2) is 22.5 Å². The maximum atomic E-state index is 9.40. The summed E-state index contributed by atoms with van der Waals surface area (Å²) in [6, 6.07) is 4.38. The monoisotopic (exact) mass is 301 g/mol. The van der Waals surface area contributed by atoms with Crippen LogP contribution in [0.4, 0.5) is 5.82 Å². The van der Waals surface area contributed by atoms with E-state index in [4.69, 9.17) is 4.98 Å². The number of nitrogens with zero attached hydrogens (tertiary/aromatic N) is 2. The first kappa shape index (κ1) is 14.7. The summed E-state index contributed by atoms with van der Waals surface area (Å²) in [5.74, 6) is 0.804. The Labute approximate surface area is 131 Å². The maximum absolute atomic E-state index is 9.40. The normalized spacial score (nSPS) is 19.8. The van der Waals surface area contributed by atoms with E-state index in [2.05, 4.69) is 23.7 Å². The second-order valence-electron chi connectivity index (χ2n) is 6.26. The topological polar surface area (TPSA) is 48.7 Å². The van der Waals surface area contributed by atoms with E-state index in [0.29, 0.717) is 10.3 Å². The number of anilines is 1. The predicted molar refractivity (Wildman–Crippen MR) is 88.8 cm³/mol. The number of thioether (sulfide) groups is 1. The fourth-order valence-corrected chi connectivity index (χ4v) is 4.48. The van der Waals surface area contributed by atoms with E-state index in [-0.39, 0.29) is 0 Å². The molecule has 21 heavy (non-hydrogen) atoms. The molecule has 0 aliphatic heterocycles. The van der Waals surface area contributed by atoms with Crippen LogP contribution in [0.5, 0.6) is 0 Å². The number of nitriles is 1. The van der Waals surface area contributed by atoms with E-state index >= 15 is 0 Å². The number of pyridine rings is 1. The SMILES string of the molecule is CSC1(CNc2nc3c(cc2C#N)CCCC3)CCCC1. The minimum Gasteiger partial charge on any atom is -0.368 e. The van der Waals surface area contributed by atoms with E-state index in [1.54, 1.807) is 0 Å². The van der Waals surface area contributed by atoms with Gasteiger partial charge in [0.25, 0.3) is 0 Å². The molecule has 0 bridgehead atoms. The van der Waals surface area contributed by atoms with Gasteiger partial charge in [-0.15, -0.1) is 0 Å². The lowest BCUT2D eigenvalue weighted by atomic mass is 9.95. The minimum atomic E-state index is 0.338. The Morgan fingerprint density at radius 3 is 2.76 bits per heavy atom. The van der Waals surface area contributed by atoms with Crippen LogP contribution in [0, 0.1) is 11.3 Å². The molecule has 1 N–H and O–H groups in total. The smallest absolute Gasteiger partial charge is 0.144 e. The molecule has 0 spiro atoms. The van der Waals surface area contributed by atoms with Crippen molar-refractivity contribution in [2.45, 2.75) is 56.1 Å². The third-order valence-electron chi connectivity index (χ3n) is 4.95. The first-order valence-corrected chi connectivity index (χ1v) is 9.21. The molecule has 0 saturated heterocycles. The standard InChI is InChI=1S/C17H23N3S/c1-21-17(8-4-5-9-17)12-19-16-14(11-18)10-13-6-2-3-7-15(13)20-16/h10H,2-9,12H2,1H3,(H,19,20). The molecule has 1 fully saturated rings. The molecule has 0 radical (unpaired) electrons. The highest BCUT2D eigenvalue weighted by Crippen LogP contribution is 2.40. The summed E-state index contributed by atoms with van der Waals surface area (Å²) in [5.41, 5.74) is 3.20. The van der Waals surface area contributed by atoms with E-state index in [1.807, 2.05) is 11.8 Å². The fraction of sp³-hybridized carbons (Fsp3) is 0.647. The van der Waals surface area contributed by atoms with Crippen LogP contribution in [0.2, 0.25) is 0 Å². The molecule has 112 valence electrons.